The molecule has 1 rings (SSSR count). The van der Waals surface area contributed by atoms with Crippen molar-refractivity contribution in [2.24, 2.45) is 0 Å². The fraction of sp³-hybridized carbons (Fsp3) is 0.364. The molecule has 0 nitrogen and oxygen atoms in total. The summed E-state index contributed by atoms with van der Waals surface area (Å²) < 4.78 is 113. The number of hydrogen-bond acceptors (Lipinski definition) is 0. The van der Waals surface area contributed by atoms with E-state index < -0.39 is 47.2 Å². The number of hydrogen-bond donors (Lipinski definition) is 0. The molecule has 0 aliphatic carbocycles. The average molecular weight is 309 g/mol. The molecule has 0 spiro atoms. The van der Waals surface area contributed by atoms with Crippen LogP contribution in [-0.4, -0.2) is 0 Å². The van der Waals surface area contributed by atoms with Crippen LogP contribution in [0.2, 0.25) is 0 Å². The minimum absolute atomic E-state index is 0.0328. The van der Waals surface area contributed by atoms with E-state index in [9.17, 15) is 39.5 Å². The van der Waals surface area contributed by atoms with Crippen LogP contribution in [0.25, 0.3) is 0 Å². The van der Waals surface area contributed by atoms with Crippen LogP contribution in [0.4, 0.5) is 39.5 Å². The molecule has 0 fully saturated rings. The van der Waals surface area contributed by atoms with Crippen LogP contribution < -0.4 is 0 Å². The quantitative estimate of drug-likeness (QED) is 0.632. The van der Waals surface area contributed by atoms with Gasteiger partial charge in [-0.25, -0.2) is 0 Å². The molecule has 9 heteroatoms. The van der Waals surface area contributed by atoms with Crippen LogP contribution in [-0.2, 0) is 24.9 Å². The summed E-state index contributed by atoms with van der Waals surface area (Å²) in [6.45, 7) is 3.08. The zero-order valence-corrected chi connectivity index (χ0v) is 9.47. The smallest absolute Gasteiger partial charge is 0.166 e. The monoisotopic (exact) mass is 309 g/mol. The maximum atomic E-state index is 12.6. The van der Waals surface area contributed by atoms with Gasteiger partial charge >= 0.3 is 18.5 Å². The lowest BCUT2D eigenvalue weighted by molar-refractivity contribution is -0.174. The third kappa shape index (κ3) is 3.37. The van der Waals surface area contributed by atoms with Crippen molar-refractivity contribution >= 4 is 0 Å². The Balaban J connectivity index is 3.83. The van der Waals surface area contributed by atoms with E-state index in [-0.39, 0.29) is 12.1 Å². The lowest BCUT2D eigenvalue weighted by Gasteiger charge is -2.21. The van der Waals surface area contributed by atoms with Crippen molar-refractivity contribution in [3.63, 3.8) is 0 Å². The van der Waals surface area contributed by atoms with Crippen molar-refractivity contribution < 1.29 is 39.5 Å². The van der Waals surface area contributed by atoms with Gasteiger partial charge in [-0.2, -0.15) is 39.5 Å². The first-order valence-electron chi connectivity index (χ1n) is 4.96. The van der Waals surface area contributed by atoms with Crippen molar-refractivity contribution in [1.29, 1.82) is 0 Å². The van der Waals surface area contributed by atoms with Gasteiger partial charge in [-0.1, -0.05) is 0 Å². The lowest BCUT2D eigenvalue weighted by Crippen LogP contribution is -2.23. The van der Waals surface area contributed by atoms with Crippen molar-refractivity contribution in [2.75, 3.05) is 0 Å². The summed E-state index contributed by atoms with van der Waals surface area (Å²) >= 11 is 0. The Morgan fingerprint density at radius 3 is 1.25 bits per heavy atom. The van der Waals surface area contributed by atoms with E-state index in [1.54, 1.807) is 0 Å². The van der Waals surface area contributed by atoms with Crippen LogP contribution in [0, 0.1) is 6.92 Å². The van der Waals surface area contributed by atoms with Gasteiger partial charge in [0.05, 0.1) is 16.7 Å². The second kappa shape index (κ2) is 4.85. The first-order valence-corrected chi connectivity index (χ1v) is 4.96. The third-order valence-electron chi connectivity index (χ3n) is 2.38. The molecular formula is C11H6F9. The summed E-state index contributed by atoms with van der Waals surface area (Å²) in [5.41, 5.74) is -8.04. The molecule has 0 saturated carbocycles. The highest BCUT2D eigenvalue weighted by molar-refractivity contribution is 5.44. The number of halogens is 9. The predicted octanol–water partition coefficient (Wildman–Crippen LogP) is 5.12. The van der Waals surface area contributed by atoms with Crippen LogP contribution in [0.15, 0.2) is 12.1 Å². The van der Waals surface area contributed by atoms with Gasteiger partial charge in [-0.15, -0.1) is 0 Å². The van der Waals surface area contributed by atoms with E-state index in [4.69, 9.17) is 0 Å². The Labute approximate surface area is 107 Å². The van der Waals surface area contributed by atoms with Gasteiger partial charge in [0.25, 0.3) is 0 Å². The first-order chi connectivity index (χ1) is 8.78. The van der Waals surface area contributed by atoms with Crippen molar-refractivity contribution in [3.05, 3.63) is 41.3 Å². The van der Waals surface area contributed by atoms with Crippen LogP contribution in [0.3, 0.4) is 0 Å². The minimum Gasteiger partial charge on any atom is -0.166 e. The molecule has 0 bridgehead atoms. The second-order valence-corrected chi connectivity index (χ2v) is 3.81. The third-order valence-corrected chi connectivity index (χ3v) is 2.38. The zero-order chi connectivity index (χ0) is 15.9. The molecular weight excluding hydrogens is 303 g/mol. The minimum atomic E-state index is -5.78. The fourth-order valence-corrected chi connectivity index (χ4v) is 1.60. The van der Waals surface area contributed by atoms with Crippen LogP contribution >= 0.6 is 0 Å². The molecule has 0 saturated heterocycles. The molecule has 0 atom stereocenters. The van der Waals surface area contributed by atoms with Gasteiger partial charge in [0.15, 0.2) is 0 Å². The summed E-state index contributed by atoms with van der Waals surface area (Å²) in [6.07, 6.45) is -17.4. The highest BCUT2D eigenvalue weighted by Crippen LogP contribution is 2.47. The van der Waals surface area contributed by atoms with Gasteiger partial charge in [0.1, 0.15) is 0 Å². The molecule has 113 valence electrons. The van der Waals surface area contributed by atoms with Gasteiger partial charge < -0.3 is 0 Å². The van der Waals surface area contributed by atoms with Crippen molar-refractivity contribution in [2.45, 2.75) is 24.9 Å². The number of rotatable bonds is 1. The zero-order valence-electron chi connectivity index (χ0n) is 9.47. The molecule has 0 aliphatic heterocycles. The van der Waals surface area contributed by atoms with E-state index in [2.05, 4.69) is 6.92 Å². The van der Waals surface area contributed by atoms with E-state index in [0.717, 1.165) is 0 Å². The summed E-state index contributed by atoms with van der Waals surface area (Å²) in [4.78, 5) is 0. The first kappa shape index (κ1) is 16.6. The van der Waals surface area contributed by atoms with Gasteiger partial charge in [0.2, 0.25) is 0 Å². The molecule has 1 radical (unpaired) electrons. The van der Waals surface area contributed by atoms with Gasteiger partial charge in [-0.3, -0.25) is 0 Å². The molecule has 0 heterocycles. The van der Waals surface area contributed by atoms with E-state index in [1.165, 1.54) is 0 Å². The highest BCUT2D eigenvalue weighted by atomic mass is 19.4. The fourth-order valence-electron chi connectivity index (χ4n) is 1.60. The molecule has 0 N–H and O–H groups in total. The maximum Gasteiger partial charge on any atom is 0.417 e. The SMILES string of the molecule is [CH2]Cc1cc(C(F)(F)F)c(C(F)(F)F)c(C(F)(F)F)c1. The van der Waals surface area contributed by atoms with E-state index >= 15 is 0 Å². The molecule has 1 aromatic rings. The van der Waals surface area contributed by atoms with E-state index in [1.807, 2.05) is 0 Å². The van der Waals surface area contributed by atoms with Crippen LogP contribution in [0.5, 0.6) is 0 Å². The Kier molecular flexibility index (Phi) is 4.04. The Bertz CT molecular complexity index is 455. The molecule has 1 aromatic carbocycles. The topological polar surface area (TPSA) is 0 Å². The molecule has 0 amide bonds. The van der Waals surface area contributed by atoms with Crippen LogP contribution in [0.1, 0.15) is 22.3 Å². The van der Waals surface area contributed by atoms with Crippen molar-refractivity contribution in [3.8, 4) is 0 Å². The summed E-state index contributed by atoms with van der Waals surface area (Å²) in [6, 6.07) is 0.0656. The standard InChI is InChI=1S/C11H6F9/c1-2-5-3-6(9(12,13)14)8(11(18,19)20)7(4-5)10(15,16)17/h3-4H,1-2H2. The van der Waals surface area contributed by atoms with Crippen molar-refractivity contribution in [1.82, 2.24) is 0 Å². The second-order valence-electron chi connectivity index (χ2n) is 3.81. The summed E-state index contributed by atoms with van der Waals surface area (Å²) in [7, 11) is 0. The molecule has 20 heavy (non-hydrogen) atoms. The highest BCUT2D eigenvalue weighted by Gasteiger charge is 2.50. The lowest BCUT2D eigenvalue weighted by atomic mass is 9.95. The Morgan fingerprint density at radius 2 is 1.05 bits per heavy atom. The van der Waals surface area contributed by atoms with Gasteiger partial charge in [-0.05, 0) is 31.0 Å². The molecule has 0 aromatic heterocycles. The average Bonchev–Trinajstić information content (AvgIpc) is 2.23. The Hall–Kier alpha value is -1.41. The maximum absolute atomic E-state index is 12.6. The van der Waals surface area contributed by atoms with E-state index in [0.29, 0.717) is 0 Å². The van der Waals surface area contributed by atoms with Gasteiger partial charge in [0, 0.05) is 0 Å². The number of alkyl halides is 9. The predicted molar refractivity (Wildman–Crippen MR) is 50.5 cm³/mol. The molecule has 0 aliphatic rings. The summed E-state index contributed by atoms with van der Waals surface area (Å²) in [5, 5.41) is 0. The molecule has 0 unspecified atom stereocenters. The normalized spacial score (nSPS) is 13.7. The summed E-state index contributed by atoms with van der Waals surface area (Å²) in [5.74, 6) is 0. The largest absolute Gasteiger partial charge is 0.417 e. The Morgan fingerprint density at radius 1 is 0.700 bits per heavy atom. The number of benzene rings is 1.